The summed E-state index contributed by atoms with van der Waals surface area (Å²) >= 11 is 6.63. The molecule has 7 heteroatoms. The Balaban J connectivity index is 2.34. The van der Waals surface area contributed by atoms with Crippen LogP contribution in [0.5, 0.6) is 0 Å². The van der Waals surface area contributed by atoms with Crippen LogP contribution in [0.25, 0.3) is 0 Å². The molecule has 1 N–H and O–H groups in total. The Hall–Kier alpha value is -1.21. The summed E-state index contributed by atoms with van der Waals surface area (Å²) in [5, 5.41) is 2.25. The zero-order valence-corrected chi connectivity index (χ0v) is 13.8. The Morgan fingerprint density at radius 1 is 1.30 bits per heavy atom. The Labute approximate surface area is 133 Å². The van der Waals surface area contributed by atoms with E-state index in [0.29, 0.717) is 12.0 Å². The molecule has 0 bridgehead atoms. The Morgan fingerprint density at radius 3 is 2.45 bits per heavy atom. The summed E-state index contributed by atoms with van der Waals surface area (Å²) in [7, 11) is 0. The highest BCUT2D eigenvalue weighted by Crippen LogP contribution is 2.22. The normalized spacial score (nSPS) is 18.9. The predicted octanol–water partition coefficient (Wildman–Crippen LogP) is 2.09. The van der Waals surface area contributed by atoms with E-state index >= 15 is 0 Å². The van der Waals surface area contributed by atoms with Crippen LogP contribution in [0, 0.1) is 0 Å². The third kappa shape index (κ3) is 3.09. The molecular formula is C13H12Br2N2O3. The van der Waals surface area contributed by atoms with E-state index in [-0.39, 0.29) is 12.5 Å². The molecular weight excluding hydrogens is 392 g/mol. The number of amides is 3. The predicted molar refractivity (Wildman–Crippen MR) is 80.1 cm³/mol. The van der Waals surface area contributed by atoms with Crippen LogP contribution in [0.1, 0.15) is 23.7 Å². The minimum absolute atomic E-state index is 0.104. The summed E-state index contributed by atoms with van der Waals surface area (Å²) in [5.74, 6) is -1.21. The smallest absolute Gasteiger partial charge is 0.255 e. The number of carbonyl (C=O) groups is 3. The lowest BCUT2D eigenvalue weighted by Gasteiger charge is -2.33. The lowest BCUT2D eigenvalue weighted by molar-refractivity contribution is -0.138. The fourth-order valence-electron chi connectivity index (χ4n) is 2.13. The minimum Gasteiger partial charge on any atom is -0.317 e. The van der Waals surface area contributed by atoms with Gasteiger partial charge in [0.15, 0.2) is 0 Å². The number of hydrogen-bond donors (Lipinski definition) is 1. The van der Waals surface area contributed by atoms with Crippen LogP contribution in [-0.4, -0.2) is 35.2 Å². The highest BCUT2D eigenvalue weighted by atomic mass is 79.9. The Kier molecular flexibility index (Phi) is 4.59. The van der Waals surface area contributed by atoms with Gasteiger partial charge in [-0.05, 0) is 24.6 Å². The molecule has 0 saturated carbocycles. The second-order valence-electron chi connectivity index (χ2n) is 4.43. The van der Waals surface area contributed by atoms with E-state index < -0.39 is 17.9 Å². The second kappa shape index (κ2) is 6.05. The van der Waals surface area contributed by atoms with Crippen molar-refractivity contribution in [3.63, 3.8) is 0 Å². The SMILES string of the molecule is CCC1C(=O)NC(=O)CN1C(=O)c1cc(Br)cc(Br)c1. The number of halogens is 2. The number of hydrogen-bond acceptors (Lipinski definition) is 3. The Morgan fingerprint density at radius 2 is 1.90 bits per heavy atom. The van der Waals surface area contributed by atoms with Gasteiger partial charge in [-0.2, -0.15) is 0 Å². The van der Waals surface area contributed by atoms with Crippen molar-refractivity contribution in [2.45, 2.75) is 19.4 Å². The van der Waals surface area contributed by atoms with Gasteiger partial charge in [0.2, 0.25) is 11.8 Å². The topological polar surface area (TPSA) is 66.5 Å². The summed E-state index contributed by atoms with van der Waals surface area (Å²) < 4.78 is 1.49. The van der Waals surface area contributed by atoms with Gasteiger partial charge in [-0.1, -0.05) is 38.8 Å². The zero-order valence-electron chi connectivity index (χ0n) is 10.7. The van der Waals surface area contributed by atoms with Crippen LogP contribution in [0.15, 0.2) is 27.1 Å². The van der Waals surface area contributed by atoms with Crippen molar-refractivity contribution in [2.24, 2.45) is 0 Å². The van der Waals surface area contributed by atoms with Gasteiger partial charge < -0.3 is 4.90 Å². The van der Waals surface area contributed by atoms with E-state index in [0.717, 1.165) is 8.95 Å². The van der Waals surface area contributed by atoms with Gasteiger partial charge in [-0.15, -0.1) is 0 Å². The standard InChI is InChI=1S/C13H12Br2N2O3/c1-2-10-12(19)16-11(18)6-17(10)13(20)7-3-8(14)5-9(15)4-7/h3-5,10H,2,6H2,1H3,(H,16,18,19). The van der Waals surface area contributed by atoms with Gasteiger partial charge in [0, 0.05) is 14.5 Å². The molecule has 1 fully saturated rings. The number of nitrogens with one attached hydrogen (secondary N) is 1. The first-order valence-electron chi connectivity index (χ1n) is 6.03. The van der Waals surface area contributed by atoms with Gasteiger partial charge in [-0.3, -0.25) is 19.7 Å². The van der Waals surface area contributed by atoms with E-state index in [9.17, 15) is 14.4 Å². The molecule has 1 unspecified atom stereocenters. The third-order valence-corrected chi connectivity index (χ3v) is 3.93. The highest BCUT2D eigenvalue weighted by molar-refractivity contribution is 9.11. The highest BCUT2D eigenvalue weighted by Gasteiger charge is 2.35. The van der Waals surface area contributed by atoms with Crippen LogP contribution in [0.4, 0.5) is 0 Å². The molecule has 20 heavy (non-hydrogen) atoms. The monoisotopic (exact) mass is 402 g/mol. The molecule has 0 radical (unpaired) electrons. The minimum atomic E-state index is -0.613. The van der Waals surface area contributed by atoms with Crippen molar-refractivity contribution in [1.29, 1.82) is 0 Å². The van der Waals surface area contributed by atoms with Crippen molar-refractivity contribution >= 4 is 49.6 Å². The molecule has 2 rings (SSSR count). The maximum atomic E-state index is 12.5. The van der Waals surface area contributed by atoms with Crippen molar-refractivity contribution < 1.29 is 14.4 Å². The summed E-state index contributed by atoms with van der Waals surface area (Å²) in [6.07, 6.45) is 0.458. The zero-order chi connectivity index (χ0) is 14.9. The average Bonchev–Trinajstić information content (AvgIpc) is 2.35. The lowest BCUT2D eigenvalue weighted by atomic mass is 10.1. The summed E-state index contributed by atoms with van der Waals surface area (Å²) in [6, 6.07) is 4.52. The van der Waals surface area contributed by atoms with Crippen LogP contribution in [0.3, 0.4) is 0 Å². The van der Waals surface area contributed by atoms with Crippen LogP contribution in [0.2, 0.25) is 0 Å². The van der Waals surface area contributed by atoms with Gasteiger partial charge in [-0.25, -0.2) is 0 Å². The molecule has 0 aromatic heterocycles. The molecule has 1 saturated heterocycles. The van der Waals surface area contributed by atoms with Gasteiger partial charge in [0.05, 0.1) is 0 Å². The Bertz CT molecular complexity index is 569. The number of benzene rings is 1. The summed E-state index contributed by atoms with van der Waals surface area (Å²) in [5.41, 5.74) is 0.423. The molecule has 1 atom stereocenters. The summed E-state index contributed by atoms with van der Waals surface area (Å²) in [6.45, 7) is 1.70. The number of piperazine rings is 1. The first-order chi connectivity index (χ1) is 9.42. The molecule has 0 spiro atoms. The molecule has 1 aliphatic rings. The van der Waals surface area contributed by atoms with Crippen molar-refractivity contribution in [3.8, 4) is 0 Å². The first kappa shape index (κ1) is 15.2. The number of nitrogens with zero attached hydrogens (tertiary/aromatic N) is 1. The molecule has 1 heterocycles. The maximum absolute atomic E-state index is 12.5. The number of imide groups is 1. The fraction of sp³-hybridized carbons (Fsp3) is 0.308. The second-order valence-corrected chi connectivity index (χ2v) is 6.26. The van der Waals surface area contributed by atoms with Crippen molar-refractivity contribution in [2.75, 3.05) is 6.54 Å². The average molecular weight is 404 g/mol. The molecule has 0 aliphatic carbocycles. The van der Waals surface area contributed by atoms with E-state index in [4.69, 9.17) is 0 Å². The quantitative estimate of drug-likeness (QED) is 0.769. The number of carbonyl (C=O) groups excluding carboxylic acids is 3. The largest absolute Gasteiger partial charge is 0.317 e. The molecule has 3 amide bonds. The van der Waals surface area contributed by atoms with Crippen LogP contribution >= 0.6 is 31.9 Å². The molecule has 106 valence electrons. The van der Waals surface area contributed by atoms with Crippen molar-refractivity contribution in [3.05, 3.63) is 32.7 Å². The van der Waals surface area contributed by atoms with Crippen molar-refractivity contribution in [1.82, 2.24) is 10.2 Å². The molecule has 5 nitrogen and oxygen atoms in total. The maximum Gasteiger partial charge on any atom is 0.255 e. The van der Waals surface area contributed by atoms with Crippen LogP contribution < -0.4 is 5.32 Å². The van der Waals surface area contributed by atoms with Gasteiger partial charge >= 0.3 is 0 Å². The molecule has 1 aromatic rings. The number of rotatable bonds is 2. The van der Waals surface area contributed by atoms with Gasteiger partial charge in [0.1, 0.15) is 12.6 Å². The molecule has 1 aromatic carbocycles. The first-order valence-corrected chi connectivity index (χ1v) is 7.61. The van der Waals surface area contributed by atoms with E-state index in [1.54, 1.807) is 19.1 Å². The van der Waals surface area contributed by atoms with E-state index in [1.807, 2.05) is 6.07 Å². The van der Waals surface area contributed by atoms with E-state index in [2.05, 4.69) is 37.2 Å². The van der Waals surface area contributed by atoms with Gasteiger partial charge in [0.25, 0.3) is 5.91 Å². The van der Waals surface area contributed by atoms with Crippen LogP contribution in [-0.2, 0) is 9.59 Å². The summed E-state index contributed by atoms with van der Waals surface area (Å²) in [4.78, 5) is 37.1. The fourth-order valence-corrected chi connectivity index (χ4v) is 3.42. The third-order valence-electron chi connectivity index (χ3n) is 3.01. The molecule has 1 aliphatic heterocycles. The van der Waals surface area contributed by atoms with E-state index in [1.165, 1.54) is 4.90 Å². The lowest BCUT2D eigenvalue weighted by Crippen LogP contribution is -2.59.